The van der Waals surface area contributed by atoms with Crippen molar-refractivity contribution in [1.29, 1.82) is 0 Å². The highest BCUT2D eigenvalue weighted by molar-refractivity contribution is 6.34. The van der Waals surface area contributed by atoms with E-state index in [2.05, 4.69) is 5.32 Å². The average molecular weight is 361 g/mol. The van der Waals surface area contributed by atoms with Crippen molar-refractivity contribution in [2.75, 3.05) is 25.0 Å². The molecule has 1 fully saturated rings. The van der Waals surface area contributed by atoms with E-state index in [0.717, 1.165) is 24.1 Å². The third kappa shape index (κ3) is 5.37. The van der Waals surface area contributed by atoms with Crippen molar-refractivity contribution in [2.45, 2.75) is 26.7 Å². The number of nitrogens with zero attached hydrogens (tertiary/aromatic N) is 1. The number of piperidine rings is 1. The van der Waals surface area contributed by atoms with E-state index >= 15 is 0 Å². The SMILES string of the molecule is Cc1cc(C)c(NC(=O)CN2CCCC(C(=O)O)C2)c(Cl)c1.Cl. The van der Waals surface area contributed by atoms with Crippen LogP contribution in [-0.2, 0) is 9.59 Å². The van der Waals surface area contributed by atoms with Crippen molar-refractivity contribution in [2.24, 2.45) is 5.92 Å². The summed E-state index contributed by atoms with van der Waals surface area (Å²) < 4.78 is 0. The molecule has 1 atom stereocenters. The van der Waals surface area contributed by atoms with Crippen molar-refractivity contribution < 1.29 is 14.7 Å². The highest BCUT2D eigenvalue weighted by Crippen LogP contribution is 2.27. The van der Waals surface area contributed by atoms with Crippen LogP contribution in [0.1, 0.15) is 24.0 Å². The Kier molecular flexibility index (Phi) is 7.32. The zero-order valence-electron chi connectivity index (χ0n) is 13.3. The molecule has 0 aromatic heterocycles. The summed E-state index contributed by atoms with van der Waals surface area (Å²) in [7, 11) is 0. The van der Waals surface area contributed by atoms with E-state index in [9.17, 15) is 9.59 Å². The summed E-state index contributed by atoms with van der Waals surface area (Å²) >= 11 is 6.18. The van der Waals surface area contributed by atoms with Crippen LogP contribution in [0.5, 0.6) is 0 Å². The molecule has 1 aliphatic rings. The number of halogens is 2. The van der Waals surface area contributed by atoms with E-state index in [1.807, 2.05) is 30.9 Å². The van der Waals surface area contributed by atoms with Gasteiger partial charge in [-0.25, -0.2) is 0 Å². The van der Waals surface area contributed by atoms with Gasteiger partial charge in [0.1, 0.15) is 0 Å². The van der Waals surface area contributed by atoms with Crippen LogP contribution in [0.25, 0.3) is 0 Å². The van der Waals surface area contributed by atoms with Gasteiger partial charge in [0.05, 0.1) is 23.2 Å². The summed E-state index contributed by atoms with van der Waals surface area (Å²) in [5, 5.41) is 12.4. The number of likely N-dealkylation sites (tertiary alicyclic amines) is 1. The molecule has 0 saturated carbocycles. The van der Waals surface area contributed by atoms with Gasteiger partial charge >= 0.3 is 5.97 Å². The lowest BCUT2D eigenvalue weighted by Gasteiger charge is -2.30. The number of anilines is 1. The maximum Gasteiger partial charge on any atom is 0.307 e. The molecule has 0 spiro atoms. The number of hydrogen-bond donors (Lipinski definition) is 2. The summed E-state index contributed by atoms with van der Waals surface area (Å²) in [5.41, 5.74) is 2.59. The van der Waals surface area contributed by atoms with Gasteiger partial charge in [-0.2, -0.15) is 0 Å². The van der Waals surface area contributed by atoms with E-state index in [1.165, 1.54) is 0 Å². The Bertz CT molecular complexity index is 570. The molecule has 1 unspecified atom stereocenters. The molecule has 2 rings (SSSR count). The largest absolute Gasteiger partial charge is 0.481 e. The van der Waals surface area contributed by atoms with Crippen molar-refractivity contribution in [3.63, 3.8) is 0 Å². The number of hydrogen-bond acceptors (Lipinski definition) is 3. The normalized spacial score (nSPS) is 18.1. The first-order chi connectivity index (χ1) is 10.4. The van der Waals surface area contributed by atoms with Crippen LogP contribution in [-0.4, -0.2) is 41.5 Å². The van der Waals surface area contributed by atoms with E-state index in [1.54, 1.807) is 0 Å². The fourth-order valence-electron chi connectivity index (χ4n) is 2.86. The third-order valence-corrected chi connectivity index (χ3v) is 4.22. The summed E-state index contributed by atoms with van der Waals surface area (Å²) in [4.78, 5) is 25.1. The summed E-state index contributed by atoms with van der Waals surface area (Å²) in [6, 6.07) is 3.77. The van der Waals surface area contributed by atoms with Gasteiger partial charge in [0.15, 0.2) is 0 Å². The van der Waals surface area contributed by atoms with E-state index in [0.29, 0.717) is 23.7 Å². The van der Waals surface area contributed by atoms with Crippen LogP contribution in [0.4, 0.5) is 5.69 Å². The number of rotatable bonds is 4. The van der Waals surface area contributed by atoms with Crippen LogP contribution in [0.3, 0.4) is 0 Å². The number of benzene rings is 1. The zero-order chi connectivity index (χ0) is 16.3. The first-order valence-electron chi connectivity index (χ1n) is 7.38. The van der Waals surface area contributed by atoms with Gasteiger partial charge < -0.3 is 10.4 Å². The topological polar surface area (TPSA) is 69.6 Å². The summed E-state index contributed by atoms with van der Waals surface area (Å²) in [6.07, 6.45) is 1.48. The van der Waals surface area contributed by atoms with Gasteiger partial charge in [0.2, 0.25) is 5.91 Å². The molecular formula is C16H22Cl2N2O3. The van der Waals surface area contributed by atoms with Gasteiger partial charge in [-0.05, 0) is 50.4 Å². The Morgan fingerprint density at radius 1 is 1.39 bits per heavy atom. The number of carboxylic acids is 1. The van der Waals surface area contributed by atoms with E-state index in [4.69, 9.17) is 16.7 Å². The number of aryl methyl sites for hydroxylation is 2. The molecule has 0 aliphatic carbocycles. The maximum absolute atomic E-state index is 12.2. The van der Waals surface area contributed by atoms with E-state index < -0.39 is 5.97 Å². The standard InChI is InChI=1S/C16H21ClN2O3.ClH/c1-10-6-11(2)15(13(17)7-10)18-14(20)9-19-5-3-4-12(8-19)16(21)22;/h6-7,12H,3-5,8-9H2,1-2H3,(H,18,20)(H,21,22);1H. The minimum atomic E-state index is -0.789. The second kappa shape index (κ2) is 8.52. The second-order valence-electron chi connectivity index (χ2n) is 5.90. The first-order valence-corrected chi connectivity index (χ1v) is 7.76. The fraction of sp³-hybridized carbons (Fsp3) is 0.500. The molecule has 7 heteroatoms. The lowest BCUT2D eigenvalue weighted by molar-refractivity contribution is -0.144. The molecule has 1 amide bonds. The lowest BCUT2D eigenvalue weighted by Crippen LogP contribution is -2.42. The molecule has 1 saturated heterocycles. The predicted molar refractivity (Wildman–Crippen MR) is 93.6 cm³/mol. The summed E-state index contributed by atoms with van der Waals surface area (Å²) in [6.45, 7) is 5.20. The van der Waals surface area contributed by atoms with Crippen LogP contribution >= 0.6 is 24.0 Å². The quantitative estimate of drug-likeness (QED) is 0.865. The molecule has 5 nitrogen and oxygen atoms in total. The number of amides is 1. The Morgan fingerprint density at radius 2 is 2.09 bits per heavy atom. The van der Waals surface area contributed by atoms with Gasteiger partial charge in [0, 0.05) is 6.54 Å². The molecule has 2 N–H and O–H groups in total. The van der Waals surface area contributed by atoms with Crippen LogP contribution in [0.2, 0.25) is 5.02 Å². The Balaban J connectivity index is 0.00000264. The Labute approximate surface area is 147 Å². The van der Waals surface area contributed by atoms with Crippen LogP contribution < -0.4 is 5.32 Å². The van der Waals surface area contributed by atoms with Gasteiger partial charge in [-0.3, -0.25) is 14.5 Å². The molecule has 1 aliphatic heterocycles. The molecule has 1 aromatic rings. The van der Waals surface area contributed by atoms with Gasteiger partial charge in [-0.1, -0.05) is 17.7 Å². The van der Waals surface area contributed by atoms with Crippen LogP contribution in [0, 0.1) is 19.8 Å². The number of carbonyl (C=O) groups is 2. The molecular weight excluding hydrogens is 339 g/mol. The molecule has 1 heterocycles. The second-order valence-corrected chi connectivity index (χ2v) is 6.31. The van der Waals surface area contributed by atoms with Crippen LogP contribution in [0.15, 0.2) is 12.1 Å². The third-order valence-electron chi connectivity index (χ3n) is 3.92. The van der Waals surface area contributed by atoms with Crippen molar-refractivity contribution in [3.8, 4) is 0 Å². The van der Waals surface area contributed by atoms with Crippen molar-refractivity contribution in [1.82, 2.24) is 4.90 Å². The highest BCUT2D eigenvalue weighted by atomic mass is 35.5. The summed E-state index contributed by atoms with van der Waals surface area (Å²) in [5.74, 6) is -1.34. The van der Waals surface area contributed by atoms with Crippen molar-refractivity contribution in [3.05, 3.63) is 28.3 Å². The molecule has 1 aromatic carbocycles. The zero-order valence-corrected chi connectivity index (χ0v) is 14.8. The first kappa shape index (κ1) is 19.7. The minimum absolute atomic E-state index is 0. The highest BCUT2D eigenvalue weighted by Gasteiger charge is 2.26. The number of carbonyl (C=O) groups excluding carboxylic acids is 1. The smallest absolute Gasteiger partial charge is 0.307 e. The van der Waals surface area contributed by atoms with Gasteiger partial charge in [-0.15, -0.1) is 12.4 Å². The van der Waals surface area contributed by atoms with E-state index in [-0.39, 0.29) is 30.8 Å². The lowest BCUT2D eigenvalue weighted by atomic mass is 9.98. The monoisotopic (exact) mass is 360 g/mol. The molecule has 0 radical (unpaired) electrons. The average Bonchev–Trinajstić information content (AvgIpc) is 2.43. The number of carboxylic acid groups (broad SMARTS) is 1. The fourth-order valence-corrected chi connectivity index (χ4v) is 3.23. The van der Waals surface area contributed by atoms with Crippen molar-refractivity contribution >= 4 is 41.6 Å². The predicted octanol–water partition coefficient (Wildman–Crippen LogP) is 3.11. The minimum Gasteiger partial charge on any atom is -0.481 e. The number of nitrogens with one attached hydrogen (secondary N) is 1. The maximum atomic E-state index is 12.2. The van der Waals surface area contributed by atoms with Gasteiger partial charge in [0.25, 0.3) is 0 Å². The molecule has 23 heavy (non-hydrogen) atoms. The number of aliphatic carboxylic acids is 1. The Morgan fingerprint density at radius 3 is 2.70 bits per heavy atom. The molecule has 0 bridgehead atoms. The molecule has 128 valence electrons. The Hall–Kier alpha value is -1.30.